The van der Waals surface area contributed by atoms with Gasteiger partial charge in [-0.15, -0.1) is 6.58 Å². The second-order valence-electron chi connectivity index (χ2n) is 5.44. The van der Waals surface area contributed by atoms with E-state index in [1.54, 1.807) is 0 Å². The largest absolute Gasteiger partial charge is 0.317 e. The lowest BCUT2D eigenvalue weighted by atomic mass is 9.84. The Morgan fingerprint density at radius 1 is 1.35 bits per heavy atom. The van der Waals surface area contributed by atoms with Crippen molar-refractivity contribution >= 4 is 5.78 Å². The number of Topliss-reactive ketones (excluding diaryl/α,β-unsaturated/α-hetero) is 1. The molecule has 20 heavy (non-hydrogen) atoms. The van der Waals surface area contributed by atoms with Gasteiger partial charge in [0.15, 0.2) is 5.78 Å². The van der Waals surface area contributed by atoms with Gasteiger partial charge in [-0.2, -0.15) is 0 Å². The van der Waals surface area contributed by atoms with Gasteiger partial charge in [0, 0.05) is 28.6 Å². The third-order valence-electron chi connectivity index (χ3n) is 4.12. The molecule has 0 aliphatic heterocycles. The van der Waals surface area contributed by atoms with Crippen molar-refractivity contribution in [3.05, 3.63) is 66.0 Å². The number of aromatic nitrogens is 1. The zero-order chi connectivity index (χ0) is 14.1. The molecule has 1 aliphatic rings. The average Bonchev–Trinajstić information content (AvgIpc) is 2.80. The molecule has 1 aromatic carbocycles. The van der Waals surface area contributed by atoms with Gasteiger partial charge < -0.3 is 4.57 Å². The van der Waals surface area contributed by atoms with Gasteiger partial charge in [0.2, 0.25) is 0 Å². The van der Waals surface area contributed by atoms with Gasteiger partial charge in [-0.25, -0.2) is 0 Å². The molecule has 0 spiro atoms. The zero-order valence-electron chi connectivity index (χ0n) is 11.8. The molecule has 1 unspecified atom stereocenters. The van der Waals surface area contributed by atoms with Gasteiger partial charge >= 0.3 is 0 Å². The lowest BCUT2D eigenvalue weighted by Gasteiger charge is -2.22. The molecular weight excluding hydrogens is 246 g/mol. The van der Waals surface area contributed by atoms with E-state index in [4.69, 9.17) is 0 Å². The number of allylic oxidation sites excluding steroid dienone is 1. The van der Waals surface area contributed by atoms with Crippen molar-refractivity contribution in [3.8, 4) is 5.69 Å². The lowest BCUT2D eigenvalue weighted by molar-refractivity contribution is 0.0903. The minimum absolute atomic E-state index is 0.117. The first-order valence-electron chi connectivity index (χ1n) is 7.14. The van der Waals surface area contributed by atoms with E-state index < -0.39 is 0 Å². The third kappa shape index (κ3) is 2.01. The Morgan fingerprint density at radius 3 is 2.80 bits per heavy atom. The number of aryl methyl sites for hydroxylation is 1. The summed E-state index contributed by atoms with van der Waals surface area (Å²) in [4.78, 5) is 12.5. The van der Waals surface area contributed by atoms with Crippen LogP contribution in [0.1, 0.15) is 34.6 Å². The molecule has 0 N–H and O–H groups in total. The maximum Gasteiger partial charge on any atom is 0.168 e. The molecule has 1 aromatic heterocycles. The summed E-state index contributed by atoms with van der Waals surface area (Å²) >= 11 is 0. The summed E-state index contributed by atoms with van der Waals surface area (Å²) in [5, 5.41) is 0. The Balaban J connectivity index is 2.07. The maximum absolute atomic E-state index is 12.5. The second-order valence-corrected chi connectivity index (χ2v) is 5.44. The molecule has 1 aliphatic carbocycles. The molecule has 0 saturated heterocycles. The number of carbonyl (C=O) groups excluding carboxylic acids is 1. The summed E-state index contributed by atoms with van der Waals surface area (Å²) in [5.74, 6) is 0.398. The number of hydrogen-bond acceptors (Lipinski definition) is 1. The normalized spacial score (nSPS) is 17.9. The van der Waals surface area contributed by atoms with Crippen molar-refractivity contribution in [2.75, 3.05) is 0 Å². The van der Waals surface area contributed by atoms with Crippen LogP contribution in [0.3, 0.4) is 0 Å². The van der Waals surface area contributed by atoms with Crippen LogP contribution in [-0.2, 0) is 6.42 Å². The standard InChI is InChI=1S/C18H19NO/c1-3-7-14-10-11-17-16(18(14)20)12-13(2)19(17)15-8-5-4-6-9-15/h3-6,8-9,12,14H,1,7,10-11H2,2H3. The summed E-state index contributed by atoms with van der Waals surface area (Å²) in [6, 6.07) is 12.3. The van der Waals surface area contributed by atoms with E-state index in [9.17, 15) is 4.79 Å². The highest BCUT2D eigenvalue weighted by atomic mass is 16.1. The molecule has 0 amide bonds. The molecule has 102 valence electrons. The van der Waals surface area contributed by atoms with Gasteiger partial charge in [0.1, 0.15) is 0 Å². The van der Waals surface area contributed by atoms with Crippen molar-refractivity contribution in [2.24, 2.45) is 5.92 Å². The number of benzene rings is 1. The molecule has 1 heterocycles. The van der Waals surface area contributed by atoms with Crippen LogP contribution in [-0.4, -0.2) is 10.4 Å². The number of hydrogen-bond donors (Lipinski definition) is 0. The SMILES string of the molecule is C=CCC1CCc2c(cc(C)n2-c2ccccc2)C1=O. The maximum atomic E-state index is 12.5. The van der Waals surface area contributed by atoms with E-state index in [1.807, 2.05) is 30.3 Å². The average molecular weight is 265 g/mol. The number of nitrogens with zero attached hydrogens (tertiary/aromatic N) is 1. The molecule has 0 saturated carbocycles. The third-order valence-corrected chi connectivity index (χ3v) is 4.12. The Bertz CT molecular complexity index is 652. The monoisotopic (exact) mass is 265 g/mol. The predicted molar refractivity (Wildman–Crippen MR) is 81.5 cm³/mol. The molecule has 0 bridgehead atoms. The quantitative estimate of drug-likeness (QED) is 0.766. The summed E-state index contributed by atoms with van der Waals surface area (Å²) in [6.07, 6.45) is 4.53. The van der Waals surface area contributed by atoms with Crippen LogP contribution in [0.2, 0.25) is 0 Å². The highest BCUT2D eigenvalue weighted by Gasteiger charge is 2.30. The first-order valence-corrected chi connectivity index (χ1v) is 7.14. The van der Waals surface area contributed by atoms with Crippen LogP contribution in [0.15, 0.2) is 49.1 Å². The van der Waals surface area contributed by atoms with Crippen LogP contribution < -0.4 is 0 Å². The van der Waals surface area contributed by atoms with Crippen molar-refractivity contribution in [1.29, 1.82) is 0 Å². The summed E-state index contributed by atoms with van der Waals surface area (Å²) in [5.41, 5.74) is 4.35. The van der Waals surface area contributed by atoms with Gasteiger partial charge in [-0.1, -0.05) is 24.3 Å². The van der Waals surface area contributed by atoms with Crippen LogP contribution in [0.25, 0.3) is 5.69 Å². The molecular formula is C18H19NO. The Labute approximate surface area is 119 Å². The minimum Gasteiger partial charge on any atom is -0.317 e. The summed E-state index contributed by atoms with van der Waals surface area (Å²) in [7, 11) is 0. The number of para-hydroxylation sites is 1. The summed E-state index contributed by atoms with van der Waals surface area (Å²) in [6.45, 7) is 5.83. The molecule has 0 fully saturated rings. The molecule has 0 radical (unpaired) electrons. The Hall–Kier alpha value is -2.09. The lowest BCUT2D eigenvalue weighted by Crippen LogP contribution is -2.22. The second kappa shape index (κ2) is 5.12. The predicted octanol–water partition coefficient (Wildman–Crippen LogP) is 4.11. The first-order chi connectivity index (χ1) is 9.72. The van der Waals surface area contributed by atoms with Gasteiger partial charge in [0.05, 0.1) is 0 Å². The van der Waals surface area contributed by atoms with Gasteiger partial charge in [0.25, 0.3) is 0 Å². The van der Waals surface area contributed by atoms with Crippen LogP contribution in [0.5, 0.6) is 0 Å². The van der Waals surface area contributed by atoms with E-state index in [1.165, 1.54) is 5.69 Å². The smallest absolute Gasteiger partial charge is 0.168 e. The van der Waals surface area contributed by atoms with Crippen molar-refractivity contribution in [1.82, 2.24) is 4.57 Å². The Morgan fingerprint density at radius 2 is 2.10 bits per heavy atom. The molecule has 2 heteroatoms. The fourth-order valence-corrected chi connectivity index (χ4v) is 3.17. The fraction of sp³-hybridized carbons (Fsp3) is 0.278. The number of rotatable bonds is 3. The number of ketones is 1. The molecule has 1 atom stereocenters. The van der Waals surface area contributed by atoms with Gasteiger partial charge in [-0.05, 0) is 44.4 Å². The van der Waals surface area contributed by atoms with E-state index in [0.29, 0.717) is 0 Å². The van der Waals surface area contributed by atoms with E-state index in [-0.39, 0.29) is 11.7 Å². The number of carbonyl (C=O) groups is 1. The van der Waals surface area contributed by atoms with E-state index >= 15 is 0 Å². The van der Waals surface area contributed by atoms with Crippen LogP contribution >= 0.6 is 0 Å². The van der Waals surface area contributed by atoms with Gasteiger partial charge in [-0.3, -0.25) is 4.79 Å². The van der Waals surface area contributed by atoms with Crippen molar-refractivity contribution in [3.63, 3.8) is 0 Å². The highest BCUT2D eigenvalue weighted by molar-refractivity contribution is 6.00. The molecule has 2 aromatic rings. The zero-order valence-corrected chi connectivity index (χ0v) is 11.8. The van der Waals surface area contributed by atoms with E-state index in [2.05, 4.69) is 30.2 Å². The number of fused-ring (bicyclic) bond motifs is 1. The highest BCUT2D eigenvalue weighted by Crippen LogP contribution is 2.32. The summed E-state index contributed by atoms with van der Waals surface area (Å²) < 4.78 is 2.22. The Kier molecular flexibility index (Phi) is 3.31. The fourth-order valence-electron chi connectivity index (χ4n) is 3.17. The first kappa shape index (κ1) is 12.9. The van der Waals surface area contributed by atoms with Crippen LogP contribution in [0, 0.1) is 12.8 Å². The van der Waals surface area contributed by atoms with Crippen molar-refractivity contribution in [2.45, 2.75) is 26.2 Å². The molecule has 3 rings (SSSR count). The topological polar surface area (TPSA) is 22.0 Å². The van der Waals surface area contributed by atoms with Crippen LogP contribution in [0.4, 0.5) is 0 Å². The van der Waals surface area contributed by atoms with E-state index in [0.717, 1.165) is 36.2 Å². The minimum atomic E-state index is 0.117. The van der Waals surface area contributed by atoms with Crippen molar-refractivity contribution < 1.29 is 4.79 Å². The molecule has 2 nitrogen and oxygen atoms in total.